The lowest BCUT2D eigenvalue weighted by Gasteiger charge is -2.19. The third kappa shape index (κ3) is 3.56. The van der Waals surface area contributed by atoms with Crippen molar-refractivity contribution in [2.45, 2.75) is 6.92 Å². The summed E-state index contributed by atoms with van der Waals surface area (Å²) in [5.41, 5.74) is 0.127. The number of carboxylic acid groups (broad SMARTS) is 1. The third-order valence-electron chi connectivity index (χ3n) is 2.13. The quantitative estimate of drug-likeness (QED) is 0.763. The van der Waals surface area contributed by atoms with E-state index in [4.69, 9.17) is 14.3 Å². The summed E-state index contributed by atoms with van der Waals surface area (Å²) in [6, 6.07) is 0. The minimum atomic E-state index is -1.09. The van der Waals surface area contributed by atoms with E-state index < -0.39 is 18.4 Å². The number of amides is 1. The SMILES string of the molecule is COCCN(CC(=O)O)C(=O)c1ncoc1C. The lowest BCUT2D eigenvalue weighted by Crippen LogP contribution is -2.38. The molecule has 0 radical (unpaired) electrons. The molecule has 0 unspecified atom stereocenters. The Hall–Kier alpha value is -1.89. The van der Waals surface area contributed by atoms with Crippen LogP contribution in [-0.2, 0) is 9.53 Å². The molecule has 7 nitrogen and oxygen atoms in total. The Morgan fingerprint density at radius 2 is 2.29 bits per heavy atom. The number of aryl methyl sites for hydroxylation is 1. The van der Waals surface area contributed by atoms with Crippen LogP contribution < -0.4 is 0 Å². The molecule has 0 saturated heterocycles. The van der Waals surface area contributed by atoms with Gasteiger partial charge in [-0.1, -0.05) is 0 Å². The van der Waals surface area contributed by atoms with Crippen LogP contribution in [0.3, 0.4) is 0 Å². The number of rotatable bonds is 6. The normalized spacial score (nSPS) is 10.2. The number of carbonyl (C=O) groups is 2. The van der Waals surface area contributed by atoms with Gasteiger partial charge in [-0.05, 0) is 6.92 Å². The van der Waals surface area contributed by atoms with Crippen LogP contribution in [0, 0.1) is 6.92 Å². The molecule has 0 aromatic carbocycles. The highest BCUT2D eigenvalue weighted by atomic mass is 16.5. The number of carboxylic acids is 1. The number of hydrogen-bond donors (Lipinski definition) is 1. The van der Waals surface area contributed by atoms with Crippen LogP contribution in [0.5, 0.6) is 0 Å². The van der Waals surface area contributed by atoms with Crippen molar-refractivity contribution in [2.24, 2.45) is 0 Å². The van der Waals surface area contributed by atoms with Gasteiger partial charge in [0.25, 0.3) is 5.91 Å². The maximum absolute atomic E-state index is 12.0. The average Bonchev–Trinajstić information content (AvgIpc) is 2.69. The Balaban J connectivity index is 2.78. The van der Waals surface area contributed by atoms with E-state index in [9.17, 15) is 9.59 Å². The topological polar surface area (TPSA) is 92.9 Å². The second kappa shape index (κ2) is 6.00. The van der Waals surface area contributed by atoms with Gasteiger partial charge in [0.1, 0.15) is 12.3 Å². The zero-order chi connectivity index (χ0) is 12.8. The molecule has 0 saturated carbocycles. The minimum absolute atomic E-state index is 0.127. The molecule has 0 aliphatic rings. The maximum Gasteiger partial charge on any atom is 0.323 e. The molecule has 17 heavy (non-hydrogen) atoms. The van der Waals surface area contributed by atoms with Gasteiger partial charge in [0.15, 0.2) is 12.1 Å². The van der Waals surface area contributed by atoms with E-state index in [1.165, 1.54) is 7.11 Å². The summed E-state index contributed by atoms with van der Waals surface area (Å²) in [6.45, 7) is 1.65. The molecule has 1 aromatic heterocycles. The van der Waals surface area contributed by atoms with E-state index in [2.05, 4.69) is 4.98 Å². The number of ether oxygens (including phenoxy) is 1. The Labute approximate surface area is 98.0 Å². The van der Waals surface area contributed by atoms with Gasteiger partial charge in [-0.3, -0.25) is 9.59 Å². The fourth-order valence-corrected chi connectivity index (χ4v) is 1.28. The predicted molar refractivity (Wildman–Crippen MR) is 56.7 cm³/mol. The molecule has 1 rings (SSSR count). The molecular weight excluding hydrogens is 228 g/mol. The van der Waals surface area contributed by atoms with Crippen LogP contribution in [0.15, 0.2) is 10.8 Å². The first kappa shape index (κ1) is 13.2. The first-order valence-corrected chi connectivity index (χ1v) is 4.96. The van der Waals surface area contributed by atoms with E-state index >= 15 is 0 Å². The fraction of sp³-hybridized carbons (Fsp3) is 0.500. The molecule has 0 bridgehead atoms. The van der Waals surface area contributed by atoms with Crippen LogP contribution in [0.25, 0.3) is 0 Å². The highest BCUT2D eigenvalue weighted by Gasteiger charge is 2.22. The van der Waals surface area contributed by atoms with Gasteiger partial charge in [0, 0.05) is 13.7 Å². The summed E-state index contributed by atoms with van der Waals surface area (Å²) < 4.78 is 9.73. The Morgan fingerprint density at radius 3 is 2.76 bits per heavy atom. The van der Waals surface area contributed by atoms with E-state index in [1.807, 2.05) is 0 Å². The summed E-state index contributed by atoms with van der Waals surface area (Å²) in [5.74, 6) is -1.20. The van der Waals surface area contributed by atoms with E-state index in [1.54, 1.807) is 6.92 Å². The van der Waals surface area contributed by atoms with Crippen molar-refractivity contribution in [3.63, 3.8) is 0 Å². The van der Waals surface area contributed by atoms with Gasteiger partial charge in [0.05, 0.1) is 6.61 Å². The molecule has 7 heteroatoms. The first-order chi connectivity index (χ1) is 8.06. The van der Waals surface area contributed by atoms with Gasteiger partial charge in [-0.2, -0.15) is 0 Å². The summed E-state index contributed by atoms with van der Waals surface area (Å²) in [6.07, 6.45) is 1.15. The van der Waals surface area contributed by atoms with E-state index in [-0.39, 0.29) is 18.8 Å². The molecule has 0 aliphatic heterocycles. The van der Waals surface area contributed by atoms with Crippen molar-refractivity contribution in [1.82, 2.24) is 9.88 Å². The standard InChI is InChI=1S/C10H14N2O5/c1-7-9(11-6-17-7)10(15)12(3-4-16-2)5-8(13)14/h6H,3-5H2,1-2H3,(H,13,14). The molecule has 0 atom stereocenters. The summed E-state index contributed by atoms with van der Waals surface area (Å²) >= 11 is 0. The minimum Gasteiger partial charge on any atom is -0.480 e. The van der Waals surface area contributed by atoms with Gasteiger partial charge in [0.2, 0.25) is 0 Å². The number of methoxy groups -OCH3 is 1. The first-order valence-electron chi connectivity index (χ1n) is 4.96. The number of nitrogens with zero attached hydrogens (tertiary/aromatic N) is 2. The van der Waals surface area contributed by atoms with Crippen molar-refractivity contribution < 1.29 is 23.8 Å². The molecule has 0 fully saturated rings. The molecule has 1 heterocycles. The van der Waals surface area contributed by atoms with E-state index in [0.29, 0.717) is 5.76 Å². The Bertz CT molecular complexity index is 401. The van der Waals surface area contributed by atoms with Gasteiger partial charge in [-0.25, -0.2) is 4.98 Å². The van der Waals surface area contributed by atoms with Crippen molar-refractivity contribution in [3.05, 3.63) is 17.8 Å². The number of hydrogen-bond acceptors (Lipinski definition) is 5. The third-order valence-corrected chi connectivity index (χ3v) is 2.13. The second-order valence-electron chi connectivity index (χ2n) is 3.37. The van der Waals surface area contributed by atoms with Crippen LogP contribution in [-0.4, -0.2) is 53.7 Å². The zero-order valence-electron chi connectivity index (χ0n) is 9.67. The summed E-state index contributed by atoms with van der Waals surface area (Å²) in [4.78, 5) is 27.5. The average molecular weight is 242 g/mol. The highest BCUT2D eigenvalue weighted by molar-refractivity contribution is 5.94. The molecular formula is C10H14N2O5. The molecule has 1 aromatic rings. The van der Waals surface area contributed by atoms with Crippen molar-refractivity contribution >= 4 is 11.9 Å². The monoisotopic (exact) mass is 242 g/mol. The number of carbonyl (C=O) groups excluding carboxylic acids is 1. The Morgan fingerprint density at radius 1 is 1.59 bits per heavy atom. The van der Waals surface area contributed by atoms with Crippen LogP contribution in [0.1, 0.15) is 16.2 Å². The van der Waals surface area contributed by atoms with E-state index in [0.717, 1.165) is 11.3 Å². The van der Waals surface area contributed by atoms with Crippen LogP contribution in [0.4, 0.5) is 0 Å². The second-order valence-corrected chi connectivity index (χ2v) is 3.37. The Kier molecular flexibility index (Phi) is 4.65. The maximum atomic E-state index is 12.0. The smallest absolute Gasteiger partial charge is 0.323 e. The van der Waals surface area contributed by atoms with Gasteiger partial charge in [-0.15, -0.1) is 0 Å². The molecule has 94 valence electrons. The highest BCUT2D eigenvalue weighted by Crippen LogP contribution is 2.08. The number of oxazole rings is 1. The van der Waals surface area contributed by atoms with Crippen LogP contribution in [0.2, 0.25) is 0 Å². The van der Waals surface area contributed by atoms with Gasteiger partial charge >= 0.3 is 5.97 Å². The van der Waals surface area contributed by atoms with Crippen molar-refractivity contribution in [3.8, 4) is 0 Å². The molecule has 1 amide bonds. The number of aliphatic carboxylic acids is 1. The summed E-state index contributed by atoms with van der Waals surface area (Å²) in [7, 11) is 1.48. The van der Waals surface area contributed by atoms with Crippen molar-refractivity contribution in [2.75, 3.05) is 26.8 Å². The van der Waals surface area contributed by atoms with Crippen LogP contribution >= 0.6 is 0 Å². The summed E-state index contributed by atoms with van der Waals surface area (Å²) in [5, 5.41) is 8.72. The number of aromatic nitrogens is 1. The molecule has 0 aliphatic carbocycles. The largest absolute Gasteiger partial charge is 0.480 e. The lowest BCUT2D eigenvalue weighted by molar-refractivity contribution is -0.137. The molecule has 0 spiro atoms. The molecule has 1 N–H and O–H groups in total. The van der Waals surface area contributed by atoms with Crippen molar-refractivity contribution in [1.29, 1.82) is 0 Å². The van der Waals surface area contributed by atoms with Gasteiger partial charge < -0.3 is 19.2 Å². The predicted octanol–water partition coefficient (Wildman–Crippen LogP) is 0.156. The zero-order valence-corrected chi connectivity index (χ0v) is 9.67. The fourth-order valence-electron chi connectivity index (χ4n) is 1.28. The lowest BCUT2D eigenvalue weighted by atomic mass is 10.3.